The molecule has 6 heteroatoms. The Morgan fingerprint density at radius 1 is 1.17 bits per heavy atom. The molecular formula is C12H15NO4S. The topological polar surface area (TPSA) is 64.6 Å². The molecule has 0 spiro atoms. The van der Waals surface area contributed by atoms with Crippen molar-refractivity contribution < 1.29 is 17.9 Å². The molecule has 0 aromatic heterocycles. The van der Waals surface area contributed by atoms with Gasteiger partial charge in [0, 0.05) is 12.6 Å². The largest absolute Gasteiger partial charge is 0.486 e. The van der Waals surface area contributed by atoms with Crippen molar-refractivity contribution in [3.05, 3.63) is 18.2 Å². The van der Waals surface area contributed by atoms with Crippen LogP contribution in [0, 0.1) is 0 Å². The minimum absolute atomic E-state index is 0.320. The molecule has 1 aromatic carbocycles. The second-order valence-corrected chi connectivity index (χ2v) is 6.69. The molecule has 2 aliphatic heterocycles. The van der Waals surface area contributed by atoms with Crippen LogP contribution in [0.4, 0.5) is 0 Å². The van der Waals surface area contributed by atoms with E-state index in [1.807, 2.05) is 0 Å². The van der Waals surface area contributed by atoms with Gasteiger partial charge in [-0.3, -0.25) is 0 Å². The van der Waals surface area contributed by atoms with E-state index < -0.39 is 9.84 Å². The van der Waals surface area contributed by atoms with Crippen LogP contribution in [-0.2, 0) is 9.84 Å². The van der Waals surface area contributed by atoms with Gasteiger partial charge in [0.25, 0.3) is 0 Å². The minimum Gasteiger partial charge on any atom is -0.486 e. The van der Waals surface area contributed by atoms with Crippen molar-refractivity contribution in [2.75, 3.05) is 26.3 Å². The van der Waals surface area contributed by atoms with E-state index in [4.69, 9.17) is 9.47 Å². The van der Waals surface area contributed by atoms with Crippen molar-refractivity contribution in [1.82, 2.24) is 5.32 Å². The molecule has 0 aliphatic carbocycles. The van der Waals surface area contributed by atoms with Crippen molar-refractivity contribution in [2.24, 2.45) is 0 Å². The maximum atomic E-state index is 12.4. The van der Waals surface area contributed by atoms with Gasteiger partial charge < -0.3 is 14.8 Å². The summed E-state index contributed by atoms with van der Waals surface area (Å²) < 4.78 is 35.6. The molecule has 18 heavy (non-hydrogen) atoms. The lowest BCUT2D eigenvalue weighted by Gasteiger charge is -2.19. The van der Waals surface area contributed by atoms with Gasteiger partial charge in [0.2, 0.25) is 0 Å². The highest BCUT2D eigenvalue weighted by Gasteiger charge is 2.31. The van der Waals surface area contributed by atoms with E-state index >= 15 is 0 Å². The third-order valence-electron chi connectivity index (χ3n) is 3.30. The quantitative estimate of drug-likeness (QED) is 0.851. The standard InChI is InChI=1S/C12H15NO4S/c14-18(15,10-3-4-13-8-10)9-1-2-11-12(7-9)17-6-5-16-11/h1-2,7,10,13H,3-6,8H2. The molecule has 1 saturated heterocycles. The van der Waals surface area contributed by atoms with Crippen LogP contribution in [-0.4, -0.2) is 40.0 Å². The molecule has 0 saturated carbocycles. The van der Waals surface area contributed by atoms with Crippen molar-refractivity contribution >= 4 is 9.84 Å². The highest BCUT2D eigenvalue weighted by atomic mass is 32.2. The summed E-state index contributed by atoms with van der Waals surface area (Å²) in [7, 11) is -3.27. The maximum absolute atomic E-state index is 12.4. The van der Waals surface area contributed by atoms with Gasteiger partial charge in [-0.2, -0.15) is 0 Å². The van der Waals surface area contributed by atoms with Gasteiger partial charge in [-0.15, -0.1) is 0 Å². The molecule has 3 rings (SSSR count). The van der Waals surface area contributed by atoms with Crippen molar-refractivity contribution in [3.8, 4) is 11.5 Å². The summed E-state index contributed by atoms with van der Waals surface area (Å²) in [6.07, 6.45) is 0.663. The molecular weight excluding hydrogens is 254 g/mol. The average molecular weight is 269 g/mol. The smallest absolute Gasteiger partial charge is 0.182 e. The number of sulfone groups is 1. The zero-order valence-corrected chi connectivity index (χ0v) is 10.7. The summed E-state index contributed by atoms with van der Waals surface area (Å²) in [6, 6.07) is 4.84. The summed E-state index contributed by atoms with van der Waals surface area (Å²) in [6.45, 7) is 2.25. The normalized spacial score (nSPS) is 23.0. The lowest BCUT2D eigenvalue weighted by molar-refractivity contribution is 0.171. The second kappa shape index (κ2) is 4.44. The van der Waals surface area contributed by atoms with Crippen molar-refractivity contribution in [1.29, 1.82) is 0 Å². The number of hydrogen-bond donors (Lipinski definition) is 1. The number of hydrogen-bond acceptors (Lipinski definition) is 5. The number of ether oxygens (including phenoxy) is 2. The fourth-order valence-corrected chi connectivity index (χ4v) is 3.97. The van der Waals surface area contributed by atoms with Crippen LogP contribution < -0.4 is 14.8 Å². The summed E-state index contributed by atoms with van der Waals surface area (Å²) in [4.78, 5) is 0.320. The molecule has 98 valence electrons. The average Bonchev–Trinajstić information content (AvgIpc) is 2.92. The lowest BCUT2D eigenvalue weighted by atomic mass is 10.3. The Bertz CT molecular complexity index is 549. The van der Waals surface area contributed by atoms with Gasteiger partial charge in [0.05, 0.1) is 10.1 Å². The van der Waals surface area contributed by atoms with Crippen LogP contribution in [0.5, 0.6) is 11.5 Å². The summed E-state index contributed by atoms with van der Waals surface area (Å²) >= 11 is 0. The zero-order valence-electron chi connectivity index (χ0n) is 9.89. The first-order valence-electron chi connectivity index (χ1n) is 6.02. The van der Waals surface area contributed by atoms with Crippen molar-refractivity contribution in [3.63, 3.8) is 0 Å². The molecule has 0 amide bonds. The highest BCUT2D eigenvalue weighted by Crippen LogP contribution is 2.33. The summed E-state index contributed by atoms with van der Waals surface area (Å²) in [5.74, 6) is 1.14. The molecule has 2 heterocycles. The monoisotopic (exact) mass is 269 g/mol. The molecule has 0 radical (unpaired) electrons. The first-order chi connectivity index (χ1) is 8.68. The van der Waals surface area contributed by atoms with E-state index in [0.717, 1.165) is 6.54 Å². The summed E-state index contributed by atoms with van der Waals surface area (Å²) in [5, 5.41) is 2.74. The van der Waals surface area contributed by atoms with Crippen LogP contribution in [0.2, 0.25) is 0 Å². The summed E-state index contributed by atoms with van der Waals surface area (Å²) in [5.41, 5.74) is 0. The fraction of sp³-hybridized carbons (Fsp3) is 0.500. The first kappa shape index (κ1) is 11.8. The Labute approximate surface area is 106 Å². The van der Waals surface area contributed by atoms with E-state index in [0.29, 0.717) is 42.6 Å². The van der Waals surface area contributed by atoms with E-state index in [9.17, 15) is 8.42 Å². The van der Waals surface area contributed by atoms with Crippen LogP contribution >= 0.6 is 0 Å². The predicted molar refractivity (Wildman–Crippen MR) is 65.9 cm³/mol. The Kier molecular flexibility index (Phi) is 2.91. The van der Waals surface area contributed by atoms with Gasteiger partial charge in [0.15, 0.2) is 21.3 Å². The Balaban J connectivity index is 1.96. The molecule has 5 nitrogen and oxygen atoms in total. The molecule has 1 fully saturated rings. The van der Waals surface area contributed by atoms with E-state index in [2.05, 4.69) is 5.32 Å². The van der Waals surface area contributed by atoms with Gasteiger partial charge in [-0.25, -0.2) is 8.42 Å². The van der Waals surface area contributed by atoms with E-state index in [1.54, 1.807) is 18.2 Å². The lowest BCUT2D eigenvalue weighted by Crippen LogP contribution is -2.24. The maximum Gasteiger partial charge on any atom is 0.182 e. The molecule has 1 N–H and O–H groups in total. The van der Waals surface area contributed by atoms with Crippen LogP contribution in [0.15, 0.2) is 23.1 Å². The fourth-order valence-electron chi connectivity index (χ4n) is 2.29. The minimum atomic E-state index is -3.27. The van der Waals surface area contributed by atoms with Gasteiger partial charge in [0.1, 0.15) is 13.2 Å². The Hall–Kier alpha value is -1.27. The predicted octanol–water partition coefficient (Wildman–Crippen LogP) is 0.593. The van der Waals surface area contributed by atoms with Crippen LogP contribution in [0.3, 0.4) is 0 Å². The van der Waals surface area contributed by atoms with Gasteiger partial charge >= 0.3 is 0 Å². The van der Waals surface area contributed by atoms with Crippen molar-refractivity contribution in [2.45, 2.75) is 16.6 Å². The van der Waals surface area contributed by atoms with Crippen LogP contribution in [0.25, 0.3) is 0 Å². The Morgan fingerprint density at radius 2 is 1.94 bits per heavy atom. The van der Waals surface area contributed by atoms with E-state index in [1.165, 1.54) is 0 Å². The molecule has 1 aromatic rings. The third kappa shape index (κ3) is 1.95. The zero-order chi connectivity index (χ0) is 12.6. The molecule has 2 aliphatic rings. The molecule has 1 atom stereocenters. The number of fused-ring (bicyclic) bond motifs is 1. The highest BCUT2D eigenvalue weighted by molar-refractivity contribution is 7.92. The van der Waals surface area contributed by atoms with E-state index in [-0.39, 0.29) is 5.25 Å². The molecule has 1 unspecified atom stereocenters. The third-order valence-corrected chi connectivity index (χ3v) is 5.49. The molecule has 0 bridgehead atoms. The second-order valence-electron chi connectivity index (χ2n) is 4.47. The Morgan fingerprint density at radius 3 is 2.67 bits per heavy atom. The first-order valence-corrected chi connectivity index (χ1v) is 7.57. The SMILES string of the molecule is O=S(=O)(c1ccc2c(c1)OCCO2)C1CCNC1. The number of benzene rings is 1. The van der Waals surface area contributed by atoms with Crippen LogP contribution in [0.1, 0.15) is 6.42 Å². The van der Waals surface area contributed by atoms with Gasteiger partial charge in [-0.05, 0) is 25.1 Å². The number of rotatable bonds is 2. The number of nitrogens with one attached hydrogen (secondary N) is 1. The van der Waals surface area contributed by atoms with Gasteiger partial charge in [-0.1, -0.05) is 0 Å².